The molecule has 1 rings (SSSR count). The van der Waals surface area contributed by atoms with Gasteiger partial charge in [-0.2, -0.15) is 0 Å². The van der Waals surface area contributed by atoms with Gasteiger partial charge in [0.05, 0.1) is 6.61 Å². The normalized spacial score (nSPS) is 11.2. The summed E-state index contributed by atoms with van der Waals surface area (Å²) in [6.45, 7) is 4.90. The molecule has 0 radical (unpaired) electrons. The van der Waals surface area contributed by atoms with Crippen LogP contribution in [0.1, 0.15) is 13.3 Å². The molecule has 1 aromatic carbocycles. The van der Waals surface area contributed by atoms with E-state index < -0.39 is 17.9 Å². The van der Waals surface area contributed by atoms with Crippen LogP contribution in [0.4, 0.5) is 0 Å². The third-order valence-electron chi connectivity index (χ3n) is 2.44. The molecule has 0 spiro atoms. The van der Waals surface area contributed by atoms with Crippen molar-refractivity contribution in [2.24, 2.45) is 5.92 Å². The van der Waals surface area contributed by atoms with Gasteiger partial charge in [-0.1, -0.05) is 24.8 Å². The Morgan fingerprint density at radius 2 is 1.95 bits per heavy atom. The molecule has 0 amide bonds. The van der Waals surface area contributed by atoms with E-state index in [1.165, 1.54) is 6.92 Å². The van der Waals surface area contributed by atoms with Crippen molar-refractivity contribution in [1.82, 2.24) is 0 Å². The summed E-state index contributed by atoms with van der Waals surface area (Å²) in [7, 11) is 0. The van der Waals surface area contributed by atoms with Gasteiger partial charge in [-0.25, -0.2) is 4.79 Å². The molecule has 0 N–H and O–H groups in total. The summed E-state index contributed by atoms with van der Waals surface area (Å²) in [4.78, 5) is 33.8. The molecule has 0 heterocycles. The molecule has 0 aliphatic rings. The largest absolute Gasteiger partial charge is 0.462 e. The summed E-state index contributed by atoms with van der Waals surface area (Å²) < 4.78 is 9.88. The van der Waals surface area contributed by atoms with Crippen LogP contribution in [0.15, 0.2) is 42.5 Å². The van der Waals surface area contributed by atoms with Gasteiger partial charge >= 0.3 is 11.9 Å². The SMILES string of the molecule is C=C(C)C(=O)OCCC(C=O)C(=O)Oc1ccccc1. The number of ether oxygens (including phenoxy) is 2. The molecule has 0 saturated carbocycles. The fourth-order valence-corrected chi connectivity index (χ4v) is 1.32. The van der Waals surface area contributed by atoms with Crippen molar-refractivity contribution < 1.29 is 23.9 Å². The summed E-state index contributed by atoms with van der Waals surface area (Å²) in [6.07, 6.45) is 0.564. The molecule has 0 aliphatic heterocycles. The molecule has 1 atom stereocenters. The van der Waals surface area contributed by atoms with Crippen molar-refractivity contribution in [3.05, 3.63) is 42.5 Å². The first kappa shape index (κ1) is 15.6. The summed E-state index contributed by atoms with van der Waals surface area (Å²) in [5.41, 5.74) is 0.263. The molecule has 0 fully saturated rings. The number of para-hydroxylation sites is 1. The van der Waals surface area contributed by atoms with Gasteiger partial charge in [-0.15, -0.1) is 0 Å². The topological polar surface area (TPSA) is 69.7 Å². The Labute approximate surface area is 117 Å². The predicted molar refractivity (Wildman–Crippen MR) is 72.0 cm³/mol. The standard InChI is InChI=1S/C15H16O5/c1-11(2)14(17)19-9-8-12(10-16)15(18)20-13-6-4-3-5-7-13/h3-7,10,12H,1,8-9H2,2H3. The monoisotopic (exact) mass is 276 g/mol. The van der Waals surface area contributed by atoms with E-state index in [1.807, 2.05) is 0 Å². The Morgan fingerprint density at radius 3 is 2.50 bits per heavy atom. The average molecular weight is 276 g/mol. The van der Waals surface area contributed by atoms with Gasteiger partial charge in [0.25, 0.3) is 0 Å². The smallest absolute Gasteiger partial charge is 0.333 e. The molecule has 0 saturated heterocycles. The van der Waals surface area contributed by atoms with Crippen LogP contribution < -0.4 is 4.74 Å². The third-order valence-corrected chi connectivity index (χ3v) is 2.44. The number of esters is 2. The maximum absolute atomic E-state index is 11.7. The zero-order chi connectivity index (χ0) is 15.0. The number of carbonyl (C=O) groups excluding carboxylic acids is 3. The van der Waals surface area contributed by atoms with E-state index in [4.69, 9.17) is 9.47 Å². The molecular formula is C15H16O5. The number of carbonyl (C=O) groups is 3. The molecule has 20 heavy (non-hydrogen) atoms. The highest BCUT2D eigenvalue weighted by Crippen LogP contribution is 2.12. The van der Waals surface area contributed by atoms with Gasteiger partial charge in [0.15, 0.2) is 0 Å². The molecule has 0 aliphatic carbocycles. The predicted octanol–water partition coefficient (Wildman–Crippen LogP) is 1.92. The lowest BCUT2D eigenvalue weighted by molar-refractivity contribution is -0.145. The fourth-order valence-electron chi connectivity index (χ4n) is 1.32. The van der Waals surface area contributed by atoms with Crippen LogP contribution in [0.2, 0.25) is 0 Å². The van der Waals surface area contributed by atoms with E-state index in [0.29, 0.717) is 12.0 Å². The number of aldehydes is 1. The third kappa shape index (κ3) is 5.06. The molecule has 0 bridgehead atoms. The number of rotatable bonds is 7. The van der Waals surface area contributed by atoms with Gasteiger partial charge in [0.1, 0.15) is 18.0 Å². The molecule has 5 heteroatoms. The molecule has 5 nitrogen and oxygen atoms in total. The van der Waals surface area contributed by atoms with Crippen LogP contribution in [0, 0.1) is 5.92 Å². The Hall–Kier alpha value is -2.43. The van der Waals surface area contributed by atoms with Crippen molar-refractivity contribution in [3.8, 4) is 5.75 Å². The maximum atomic E-state index is 11.7. The van der Waals surface area contributed by atoms with E-state index in [0.717, 1.165) is 0 Å². The maximum Gasteiger partial charge on any atom is 0.333 e. The van der Waals surface area contributed by atoms with Crippen LogP contribution in [0.3, 0.4) is 0 Å². The summed E-state index contributed by atoms with van der Waals surface area (Å²) in [5, 5.41) is 0. The Bertz CT molecular complexity index is 492. The first-order valence-corrected chi connectivity index (χ1v) is 6.09. The highest BCUT2D eigenvalue weighted by molar-refractivity contribution is 5.89. The van der Waals surface area contributed by atoms with Crippen molar-refractivity contribution in [2.75, 3.05) is 6.61 Å². The molecular weight excluding hydrogens is 260 g/mol. The molecule has 0 aromatic heterocycles. The van der Waals surface area contributed by atoms with Gasteiger partial charge in [0, 0.05) is 12.0 Å². The highest BCUT2D eigenvalue weighted by atomic mass is 16.5. The first-order chi connectivity index (χ1) is 9.54. The Balaban J connectivity index is 2.45. The number of hydrogen-bond donors (Lipinski definition) is 0. The van der Waals surface area contributed by atoms with E-state index >= 15 is 0 Å². The van der Waals surface area contributed by atoms with Gasteiger partial charge in [0.2, 0.25) is 0 Å². The van der Waals surface area contributed by atoms with Crippen molar-refractivity contribution >= 4 is 18.2 Å². The van der Waals surface area contributed by atoms with Gasteiger partial charge < -0.3 is 14.3 Å². The van der Waals surface area contributed by atoms with Crippen LogP contribution in [0.5, 0.6) is 5.75 Å². The van der Waals surface area contributed by atoms with E-state index in [-0.39, 0.29) is 18.6 Å². The second-order valence-electron chi connectivity index (χ2n) is 4.18. The first-order valence-electron chi connectivity index (χ1n) is 6.09. The van der Waals surface area contributed by atoms with Crippen LogP contribution in [0.25, 0.3) is 0 Å². The van der Waals surface area contributed by atoms with Gasteiger partial charge in [-0.3, -0.25) is 4.79 Å². The minimum atomic E-state index is -0.965. The molecule has 1 aromatic rings. The second-order valence-corrected chi connectivity index (χ2v) is 4.18. The lowest BCUT2D eigenvalue weighted by atomic mass is 10.1. The zero-order valence-electron chi connectivity index (χ0n) is 11.2. The number of hydrogen-bond acceptors (Lipinski definition) is 5. The van der Waals surface area contributed by atoms with E-state index in [1.54, 1.807) is 30.3 Å². The lowest BCUT2D eigenvalue weighted by Crippen LogP contribution is -2.24. The highest BCUT2D eigenvalue weighted by Gasteiger charge is 2.20. The minimum absolute atomic E-state index is 0.0427. The minimum Gasteiger partial charge on any atom is -0.462 e. The summed E-state index contributed by atoms with van der Waals surface area (Å²) in [6, 6.07) is 8.44. The van der Waals surface area contributed by atoms with E-state index in [9.17, 15) is 14.4 Å². The summed E-state index contributed by atoms with van der Waals surface area (Å²) >= 11 is 0. The Morgan fingerprint density at radius 1 is 1.30 bits per heavy atom. The molecule has 106 valence electrons. The van der Waals surface area contributed by atoms with Crippen molar-refractivity contribution in [1.29, 1.82) is 0 Å². The lowest BCUT2D eigenvalue weighted by Gasteiger charge is -2.10. The van der Waals surface area contributed by atoms with Crippen LogP contribution >= 0.6 is 0 Å². The quantitative estimate of drug-likeness (QED) is 0.250. The Kier molecular flexibility index (Phi) is 6.16. The van der Waals surface area contributed by atoms with Crippen molar-refractivity contribution in [2.45, 2.75) is 13.3 Å². The number of benzene rings is 1. The fraction of sp³-hybridized carbons (Fsp3) is 0.267. The van der Waals surface area contributed by atoms with Crippen molar-refractivity contribution in [3.63, 3.8) is 0 Å². The zero-order valence-corrected chi connectivity index (χ0v) is 11.2. The van der Waals surface area contributed by atoms with Crippen LogP contribution in [-0.4, -0.2) is 24.8 Å². The average Bonchev–Trinajstić information content (AvgIpc) is 2.44. The summed E-state index contributed by atoms with van der Waals surface area (Å²) in [5.74, 6) is -1.82. The van der Waals surface area contributed by atoms with Gasteiger partial charge in [-0.05, 0) is 19.1 Å². The van der Waals surface area contributed by atoms with Crippen LogP contribution in [-0.2, 0) is 19.1 Å². The second kappa shape index (κ2) is 7.89. The van der Waals surface area contributed by atoms with E-state index in [2.05, 4.69) is 6.58 Å². The molecule has 1 unspecified atom stereocenters.